The zero-order valence-corrected chi connectivity index (χ0v) is 16.3. The molecule has 0 fully saturated rings. The quantitative estimate of drug-likeness (QED) is 0.458. The number of hydrogen-bond donors (Lipinski definition) is 3. The van der Waals surface area contributed by atoms with Gasteiger partial charge in [0.15, 0.2) is 0 Å². The minimum atomic E-state index is -0.323. The molecule has 2 heterocycles. The smallest absolute Gasteiger partial charge is 0.260 e. The highest BCUT2D eigenvalue weighted by Crippen LogP contribution is 2.30. The zero-order chi connectivity index (χ0) is 20.4. The maximum Gasteiger partial charge on any atom is 0.260 e. The topological polar surface area (TPSA) is 86.9 Å². The summed E-state index contributed by atoms with van der Waals surface area (Å²) in [5.41, 5.74) is 2.74. The molecule has 0 spiro atoms. The maximum absolute atomic E-state index is 13.2. The summed E-state index contributed by atoms with van der Waals surface area (Å²) >= 11 is 1.37. The minimum absolute atomic E-state index is 0.145. The van der Waals surface area contributed by atoms with Crippen LogP contribution in [0, 0.1) is 5.82 Å². The summed E-state index contributed by atoms with van der Waals surface area (Å²) in [6, 6.07) is 13.3. The summed E-state index contributed by atoms with van der Waals surface area (Å²) in [7, 11) is 0. The Balaban J connectivity index is 1.58. The maximum atomic E-state index is 13.2. The van der Waals surface area contributed by atoms with Crippen molar-refractivity contribution in [1.82, 2.24) is 9.97 Å². The molecule has 0 radical (unpaired) electrons. The van der Waals surface area contributed by atoms with Gasteiger partial charge in [0.25, 0.3) is 5.56 Å². The monoisotopic (exact) mass is 408 g/mol. The van der Waals surface area contributed by atoms with E-state index in [9.17, 15) is 14.0 Å². The van der Waals surface area contributed by atoms with E-state index in [0.717, 1.165) is 16.8 Å². The van der Waals surface area contributed by atoms with Crippen LogP contribution in [0.5, 0.6) is 0 Å². The Kier molecular flexibility index (Phi) is 5.09. The molecular weight excluding hydrogens is 391 g/mol. The van der Waals surface area contributed by atoms with Crippen LogP contribution < -0.4 is 16.2 Å². The van der Waals surface area contributed by atoms with E-state index in [1.807, 2.05) is 17.5 Å². The standard InChI is InChI=1S/C21H17FN4O2S/c1-12(27)24-16-4-2-3-15(9-16)23-10-18-25-20(28)19-17(11-29-21(19)26-18)13-5-7-14(22)8-6-13/h2-9,11,23H,10H2,1H3,(H,24,27)(H,25,26,28). The highest BCUT2D eigenvalue weighted by atomic mass is 32.1. The summed E-state index contributed by atoms with van der Waals surface area (Å²) in [5, 5.41) is 8.27. The fourth-order valence-electron chi connectivity index (χ4n) is 3.02. The Morgan fingerprint density at radius 2 is 1.93 bits per heavy atom. The fraction of sp³-hybridized carbons (Fsp3) is 0.0952. The van der Waals surface area contributed by atoms with Gasteiger partial charge in [0.05, 0.1) is 11.9 Å². The van der Waals surface area contributed by atoms with Crippen molar-refractivity contribution >= 4 is 38.8 Å². The molecule has 6 nitrogen and oxygen atoms in total. The van der Waals surface area contributed by atoms with Crippen molar-refractivity contribution in [2.45, 2.75) is 13.5 Å². The number of nitrogens with zero attached hydrogens (tertiary/aromatic N) is 1. The molecule has 4 rings (SSSR count). The largest absolute Gasteiger partial charge is 0.378 e. The molecule has 0 aliphatic heterocycles. The number of carbonyl (C=O) groups is 1. The molecule has 29 heavy (non-hydrogen) atoms. The first-order valence-corrected chi connectivity index (χ1v) is 9.75. The first kappa shape index (κ1) is 18.8. The van der Waals surface area contributed by atoms with Gasteiger partial charge in [-0.15, -0.1) is 11.3 Å². The molecule has 2 aromatic heterocycles. The number of rotatable bonds is 5. The lowest BCUT2D eigenvalue weighted by Gasteiger charge is -2.08. The molecule has 0 unspecified atom stereocenters. The number of aromatic amines is 1. The summed E-state index contributed by atoms with van der Waals surface area (Å²) in [6.07, 6.45) is 0. The third kappa shape index (κ3) is 4.17. The molecule has 146 valence electrons. The van der Waals surface area contributed by atoms with E-state index in [0.29, 0.717) is 28.3 Å². The van der Waals surface area contributed by atoms with E-state index in [1.54, 1.807) is 24.3 Å². The van der Waals surface area contributed by atoms with Gasteiger partial charge in [-0.3, -0.25) is 9.59 Å². The SMILES string of the molecule is CC(=O)Nc1cccc(NCc2nc3scc(-c4ccc(F)cc4)c3c(=O)[nH]2)c1. The third-order valence-electron chi connectivity index (χ3n) is 4.29. The Hall–Kier alpha value is -3.52. The fourth-order valence-corrected chi connectivity index (χ4v) is 3.98. The van der Waals surface area contributed by atoms with Crippen LogP contribution in [0.25, 0.3) is 21.3 Å². The van der Waals surface area contributed by atoms with Crippen LogP contribution in [0.15, 0.2) is 58.7 Å². The number of thiophene rings is 1. The van der Waals surface area contributed by atoms with Gasteiger partial charge < -0.3 is 15.6 Å². The molecule has 8 heteroatoms. The van der Waals surface area contributed by atoms with Crippen LogP contribution >= 0.6 is 11.3 Å². The van der Waals surface area contributed by atoms with Crippen molar-refractivity contribution in [3.8, 4) is 11.1 Å². The average Bonchev–Trinajstić information content (AvgIpc) is 3.11. The number of carbonyl (C=O) groups excluding carboxylic acids is 1. The molecule has 4 aromatic rings. The van der Waals surface area contributed by atoms with Gasteiger partial charge >= 0.3 is 0 Å². The number of halogens is 1. The van der Waals surface area contributed by atoms with Crippen molar-refractivity contribution in [1.29, 1.82) is 0 Å². The van der Waals surface area contributed by atoms with E-state index in [-0.39, 0.29) is 17.3 Å². The second-order valence-corrected chi connectivity index (χ2v) is 7.32. The minimum Gasteiger partial charge on any atom is -0.378 e. The Labute approximate surface area is 169 Å². The number of amides is 1. The Morgan fingerprint density at radius 3 is 2.69 bits per heavy atom. The van der Waals surface area contributed by atoms with E-state index in [2.05, 4.69) is 20.6 Å². The van der Waals surface area contributed by atoms with Gasteiger partial charge in [-0.05, 0) is 35.9 Å². The molecule has 0 saturated carbocycles. The number of anilines is 2. The van der Waals surface area contributed by atoms with Gasteiger partial charge in [-0.2, -0.15) is 0 Å². The van der Waals surface area contributed by atoms with Crippen LogP contribution in [0.2, 0.25) is 0 Å². The first-order chi connectivity index (χ1) is 14.0. The Bertz CT molecular complexity index is 1250. The zero-order valence-electron chi connectivity index (χ0n) is 15.5. The number of aromatic nitrogens is 2. The summed E-state index contributed by atoms with van der Waals surface area (Å²) in [5.74, 6) is 0.0319. The summed E-state index contributed by atoms with van der Waals surface area (Å²) in [4.78, 5) is 31.8. The van der Waals surface area contributed by atoms with Crippen LogP contribution in [0.4, 0.5) is 15.8 Å². The van der Waals surface area contributed by atoms with Crippen LogP contribution in [0.3, 0.4) is 0 Å². The second-order valence-electron chi connectivity index (χ2n) is 6.46. The van der Waals surface area contributed by atoms with Crippen molar-refractivity contribution in [3.63, 3.8) is 0 Å². The number of hydrogen-bond acceptors (Lipinski definition) is 5. The predicted molar refractivity (Wildman–Crippen MR) is 114 cm³/mol. The van der Waals surface area contributed by atoms with Gasteiger partial charge in [0.1, 0.15) is 16.5 Å². The normalized spacial score (nSPS) is 10.8. The lowest BCUT2D eigenvalue weighted by atomic mass is 10.1. The van der Waals surface area contributed by atoms with E-state index >= 15 is 0 Å². The van der Waals surface area contributed by atoms with Gasteiger partial charge in [-0.1, -0.05) is 18.2 Å². The molecule has 0 bridgehead atoms. The number of fused-ring (bicyclic) bond motifs is 1. The van der Waals surface area contributed by atoms with Crippen LogP contribution in [-0.2, 0) is 11.3 Å². The van der Waals surface area contributed by atoms with Crippen molar-refractivity contribution in [2.75, 3.05) is 10.6 Å². The molecule has 0 saturated heterocycles. The van der Waals surface area contributed by atoms with Gasteiger partial charge in [0.2, 0.25) is 5.91 Å². The summed E-state index contributed by atoms with van der Waals surface area (Å²) < 4.78 is 13.2. The lowest BCUT2D eigenvalue weighted by molar-refractivity contribution is -0.114. The second kappa shape index (κ2) is 7.84. The molecule has 1 amide bonds. The molecule has 0 atom stereocenters. The van der Waals surface area contributed by atoms with Crippen molar-refractivity contribution in [2.24, 2.45) is 0 Å². The van der Waals surface area contributed by atoms with Crippen LogP contribution in [-0.4, -0.2) is 15.9 Å². The molecule has 0 aliphatic carbocycles. The van der Waals surface area contributed by atoms with Crippen LogP contribution in [0.1, 0.15) is 12.7 Å². The van der Waals surface area contributed by atoms with E-state index < -0.39 is 0 Å². The average molecular weight is 408 g/mol. The molecule has 2 aromatic carbocycles. The lowest BCUT2D eigenvalue weighted by Crippen LogP contribution is -2.14. The van der Waals surface area contributed by atoms with E-state index in [4.69, 9.17) is 0 Å². The van der Waals surface area contributed by atoms with Crippen molar-refractivity contribution < 1.29 is 9.18 Å². The Morgan fingerprint density at radius 1 is 1.17 bits per heavy atom. The number of benzene rings is 2. The first-order valence-electron chi connectivity index (χ1n) is 8.87. The highest BCUT2D eigenvalue weighted by molar-refractivity contribution is 7.17. The molecule has 3 N–H and O–H groups in total. The van der Waals surface area contributed by atoms with Gasteiger partial charge in [-0.25, -0.2) is 9.37 Å². The number of H-pyrrole nitrogens is 1. The van der Waals surface area contributed by atoms with Gasteiger partial charge in [0, 0.05) is 29.2 Å². The third-order valence-corrected chi connectivity index (χ3v) is 5.16. The van der Waals surface area contributed by atoms with E-state index in [1.165, 1.54) is 30.4 Å². The molecule has 0 aliphatic rings. The highest BCUT2D eigenvalue weighted by Gasteiger charge is 2.13. The number of nitrogens with one attached hydrogen (secondary N) is 3. The molecular formula is C21H17FN4O2S. The predicted octanol–water partition coefficient (Wildman–Crippen LogP) is 4.36. The van der Waals surface area contributed by atoms with Crippen molar-refractivity contribution in [3.05, 3.63) is 75.9 Å². The summed E-state index contributed by atoms with van der Waals surface area (Å²) in [6.45, 7) is 1.77.